The number of allylic oxidation sites excluding steroid dienone is 1. The second kappa shape index (κ2) is 9.79. The SMILES string of the molecule is COC(=O)C(C#N)=C(SC)C1=C(C(C#N)C(=O)OC)CCCCC1. The Morgan fingerprint density at radius 2 is 1.79 bits per heavy atom. The lowest BCUT2D eigenvalue weighted by atomic mass is 9.90. The summed E-state index contributed by atoms with van der Waals surface area (Å²) in [4.78, 5) is 24.4. The number of esters is 2. The first-order valence-corrected chi connectivity index (χ1v) is 8.74. The van der Waals surface area contributed by atoms with Gasteiger partial charge in [0.15, 0.2) is 11.5 Å². The number of carbonyl (C=O) groups excluding carboxylic acids is 2. The van der Waals surface area contributed by atoms with Gasteiger partial charge in [0.2, 0.25) is 0 Å². The lowest BCUT2D eigenvalue weighted by molar-refractivity contribution is -0.142. The third-order valence-electron chi connectivity index (χ3n) is 3.88. The van der Waals surface area contributed by atoms with E-state index in [2.05, 4.69) is 4.74 Å². The van der Waals surface area contributed by atoms with Crippen LogP contribution in [0, 0.1) is 28.6 Å². The van der Waals surface area contributed by atoms with E-state index in [1.807, 2.05) is 12.1 Å². The van der Waals surface area contributed by atoms with Gasteiger partial charge in [-0.2, -0.15) is 10.5 Å². The number of ether oxygens (including phenoxy) is 2. The van der Waals surface area contributed by atoms with E-state index >= 15 is 0 Å². The van der Waals surface area contributed by atoms with Gasteiger partial charge in [-0.1, -0.05) is 6.42 Å². The van der Waals surface area contributed by atoms with Gasteiger partial charge in [0.05, 0.1) is 20.3 Å². The number of carbonyl (C=O) groups is 2. The molecule has 1 aliphatic carbocycles. The number of hydrogen-bond acceptors (Lipinski definition) is 7. The maximum Gasteiger partial charge on any atom is 0.349 e. The van der Waals surface area contributed by atoms with Crippen LogP contribution >= 0.6 is 11.8 Å². The highest BCUT2D eigenvalue weighted by Crippen LogP contribution is 2.38. The van der Waals surface area contributed by atoms with E-state index < -0.39 is 17.9 Å². The largest absolute Gasteiger partial charge is 0.468 e. The summed E-state index contributed by atoms with van der Waals surface area (Å²) in [5.41, 5.74) is 1.27. The fourth-order valence-corrected chi connectivity index (χ4v) is 3.55. The molecule has 24 heavy (non-hydrogen) atoms. The summed E-state index contributed by atoms with van der Waals surface area (Å²) < 4.78 is 9.43. The second-order valence-electron chi connectivity index (χ2n) is 5.16. The number of nitrogens with zero attached hydrogens (tertiary/aromatic N) is 2. The molecule has 1 unspecified atom stereocenters. The van der Waals surface area contributed by atoms with Crippen molar-refractivity contribution in [2.24, 2.45) is 5.92 Å². The highest BCUT2D eigenvalue weighted by Gasteiger charge is 2.30. The van der Waals surface area contributed by atoms with Crippen molar-refractivity contribution in [2.45, 2.75) is 32.1 Å². The number of rotatable bonds is 5. The summed E-state index contributed by atoms with van der Waals surface area (Å²) in [7, 11) is 2.45. The van der Waals surface area contributed by atoms with Gasteiger partial charge < -0.3 is 9.47 Å². The van der Waals surface area contributed by atoms with Crippen LogP contribution in [0.2, 0.25) is 0 Å². The minimum atomic E-state index is -1.03. The van der Waals surface area contributed by atoms with Crippen LogP contribution in [0.3, 0.4) is 0 Å². The summed E-state index contributed by atoms with van der Waals surface area (Å²) in [6.07, 6.45) is 5.58. The van der Waals surface area contributed by atoms with Crippen molar-refractivity contribution in [1.29, 1.82) is 10.5 Å². The average Bonchev–Trinajstić information content (AvgIpc) is 2.85. The molecule has 0 aromatic heterocycles. The Kier molecular flexibility index (Phi) is 8.08. The van der Waals surface area contributed by atoms with Crippen LogP contribution in [0.4, 0.5) is 0 Å². The Morgan fingerprint density at radius 3 is 2.29 bits per heavy atom. The van der Waals surface area contributed by atoms with E-state index in [9.17, 15) is 20.1 Å². The quantitative estimate of drug-likeness (QED) is 0.428. The average molecular weight is 348 g/mol. The lowest BCUT2D eigenvalue weighted by Gasteiger charge is -2.18. The van der Waals surface area contributed by atoms with Crippen molar-refractivity contribution in [2.75, 3.05) is 20.5 Å². The first-order valence-electron chi connectivity index (χ1n) is 7.52. The molecule has 0 bridgehead atoms. The van der Waals surface area contributed by atoms with Crippen molar-refractivity contribution in [3.05, 3.63) is 21.6 Å². The zero-order chi connectivity index (χ0) is 18.1. The second-order valence-corrected chi connectivity index (χ2v) is 5.98. The van der Waals surface area contributed by atoms with Crippen molar-refractivity contribution in [1.82, 2.24) is 0 Å². The highest BCUT2D eigenvalue weighted by molar-refractivity contribution is 8.02. The lowest BCUT2D eigenvalue weighted by Crippen LogP contribution is -2.19. The predicted molar refractivity (Wildman–Crippen MR) is 89.4 cm³/mol. The smallest absolute Gasteiger partial charge is 0.349 e. The van der Waals surface area contributed by atoms with Crippen LogP contribution in [0.1, 0.15) is 32.1 Å². The molecule has 0 aromatic carbocycles. The van der Waals surface area contributed by atoms with Gasteiger partial charge in [0.1, 0.15) is 6.07 Å². The Balaban J connectivity index is 3.62. The molecule has 0 fully saturated rings. The highest BCUT2D eigenvalue weighted by atomic mass is 32.2. The minimum absolute atomic E-state index is 0.0963. The molecular weight excluding hydrogens is 328 g/mol. The predicted octanol–water partition coefficient (Wildman–Crippen LogP) is 2.87. The molecule has 0 saturated heterocycles. The molecule has 0 spiro atoms. The van der Waals surface area contributed by atoms with Crippen LogP contribution in [-0.4, -0.2) is 32.4 Å². The van der Waals surface area contributed by atoms with Gasteiger partial charge in [0.25, 0.3) is 0 Å². The van der Waals surface area contributed by atoms with Crippen molar-refractivity contribution in [3.63, 3.8) is 0 Å². The van der Waals surface area contributed by atoms with Gasteiger partial charge in [-0.3, -0.25) is 4.79 Å². The van der Waals surface area contributed by atoms with Crippen LogP contribution in [0.25, 0.3) is 0 Å². The van der Waals surface area contributed by atoms with Gasteiger partial charge in [0, 0.05) is 4.91 Å². The van der Waals surface area contributed by atoms with Crippen LogP contribution in [0.5, 0.6) is 0 Å². The maximum absolute atomic E-state index is 12.0. The molecule has 1 rings (SSSR count). The standard InChI is InChI=1S/C17H20N2O4S/c1-22-16(20)13(9-18)11-7-5-4-6-8-12(11)15(24-3)14(10-19)17(21)23-2/h13H,4-8H2,1-3H3. The molecule has 0 aliphatic heterocycles. The monoisotopic (exact) mass is 348 g/mol. The summed E-state index contributed by atoms with van der Waals surface area (Å²) in [5.74, 6) is -2.36. The number of methoxy groups -OCH3 is 2. The van der Waals surface area contributed by atoms with Gasteiger partial charge in [-0.15, -0.1) is 11.8 Å². The molecule has 0 saturated carbocycles. The Morgan fingerprint density at radius 1 is 1.12 bits per heavy atom. The molecule has 0 amide bonds. The summed E-state index contributed by atoms with van der Waals surface area (Å²) in [6.45, 7) is 0. The van der Waals surface area contributed by atoms with Gasteiger partial charge >= 0.3 is 11.9 Å². The van der Waals surface area contributed by atoms with Gasteiger partial charge in [-0.05, 0) is 43.1 Å². The van der Waals surface area contributed by atoms with Crippen LogP contribution in [-0.2, 0) is 19.1 Å². The van der Waals surface area contributed by atoms with Crippen LogP contribution in [0.15, 0.2) is 21.6 Å². The van der Waals surface area contributed by atoms with E-state index in [1.165, 1.54) is 26.0 Å². The normalized spacial score (nSPS) is 16.9. The van der Waals surface area contributed by atoms with Gasteiger partial charge in [-0.25, -0.2) is 4.79 Å². The Hall–Kier alpha value is -2.25. The van der Waals surface area contributed by atoms with E-state index in [1.54, 1.807) is 6.26 Å². The number of thioether (sulfide) groups is 1. The first-order chi connectivity index (χ1) is 11.5. The molecule has 0 aromatic rings. The van der Waals surface area contributed by atoms with Crippen molar-refractivity contribution in [3.8, 4) is 12.1 Å². The van der Waals surface area contributed by atoms with Crippen molar-refractivity contribution < 1.29 is 19.1 Å². The third kappa shape index (κ3) is 4.39. The summed E-state index contributed by atoms with van der Waals surface area (Å²) >= 11 is 1.25. The molecule has 1 aliphatic rings. The number of nitriles is 2. The fourth-order valence-electron chi connectivity index (χ4n) is 2.74. The molecule has 7 heteroatoms. The zero-order valence-electron chi connectivity index (χ0n) is 14.0. The maximum atomic E-state index is 12.0. The minimum Gasteiger partial charge on any atom is -0.468 e. The van der Waals surface area contributed by atoms with E-state index in [4.69, 9.17) is 4.74 Å². The molecule has 128 valence electrons. The molecule has 0 radical (unpaired) electrons. The Bertz CT molecular complexity index is 652. The molecular formula is C17H20N2O4S. The zero-order valence-corrected chi connectivity index (χ0v) is 14.9. The van der Waals surface area contributed by atoms with E-state index in [-0.39, 0.29) is 5.57 Å². The number of hydrogen-bond donors (Lipinski definition) is 0. The molecule has 0 heterocycles. The summed E-state index contributed by atoms with van der Waals surface area (Å²) in [5, 5.41) is 18.8. The van der Waals surface area contributed by atoms with E-state index in [0.717, 1.165) is 24.8 Å². The van der Waals surface area contributed by atoms with Crippen LogP contribution < -0.4 is 0 Å². The Labute approximate surface area is 146 Å². The topological polar surface area (TPSA) is 100 Å². The van der Waals surface area contributed by atoms with Crippen molar-refractivity contribution >= 4 is 23.7 Å². The molecule has 1 atom stereocenters. The third-order valence-corrected chi connectivity index (χ3v) is 4.74. The fraction of sp³-hybridized carbons (Fsp3) is 0.529. The van der Waals surface area contributed by atoms with E-state index in [0.29, 0.717) is 23.3 Å². The molecule has 0 N–H and O–H groups in total. The first kappa shape index (κ1) is 19.8. The summed E-state index contributed by atoms with van der Waals surface area (Å²) in [6, 6.07) is 3.89. The molecule has 6 nitrogen and oxygen atoms in total.